The van der Waals surface area contributed by atoms with Crippen molar-refractivity contribution in [1.82, 2.24) is 0 Å². The van der Waals surface area contributed by atoms with Gasteiger partial charge in [0.05, 0.1) is 6.61 Å². The Kier molecular flexibility index (Phi) is 6.63. The van der Waals surface area contributed by atoms with Crippen molar-refractivity contribution in [3.8, 4) is 0 Å². The number of carboxylic acid groups (broad SMARTS) is 2. The van der Waals surface area contributed by atoms with Crippen LogP contribution >= 0.6 is 0 Å². The SMILES string of the molecule is NC(=O)[C@@]1(CCCC(C(=O)O)C(=O)O)O[C@H](CO)[C@H](O)[C@H](O)[C@H]1O. The molecule has 5 atom stereocenters. The number of primary amides is 1. The van der Waals surface area contributed by atoms with Crippen molar-refractivity contribution >= 4 is 17.8 Å². The topological polar surface area (TPSA) is 208 Å². The van der Waals surface area contributed by atoms with Crippen LogP contribution in [0.5, 0.6) is 0 Å². The van der Waals surface area contributed by atoms with Crippen LogP contribution in [-0.2, 0) is 19.1 Å². The van der Waals surface area contributed by atoms with E-state index in [4.69, 9.17) is 25.8 Å². The zero-order valence-electron chi connectivity index (χ0n) is 12.6. The Labute approximate surface area is 136 Å². The van der Waals surface area contributed by atoms with Gasteiger partial charge in [0, 0.05) is 0 Å². The Morgan fingerprint density at radius 1 is 1.08 bits per heavy atom. The van der Waals surface area contributed by atoms with Crippen LogP contribution in [-0.4, -0.2) is 85.1 Å². The minimum Gasteiger partial charge on any atom is -0.481 e. The van der Waals surface area contributed by atoms with E-state index in [1.807, 2.05) is 0 Å². The molecule has 0 aromatic heterocycles. The van der Waals surface area contributed by atoms with Crippen LogP contribution in [0.25, 0.3) is 0 Å². The highest BCUT2D eigenvalue weighted by molar-refractivity contribution is 5.92. The lowest BCUT2D eigenvalue weighted by atomic mass is 9.80. The molecule has 1 fully saturated rings. The minimum atomic E-state index is -2.19. The molecule has 11 heteroatoms. The fourth-order valence-corrected chi connectivity index (χ4v) is 2.69. The predicted molar refractivity (Wildman–Crippen MR) is 74.5 cm³/mol. The van der Waals surface area contributed by atoms with Crippen molar-refractivity contribution in [3.63, 3.8) is 0 Å². The van der Waals surface area contributed by atoms with Crippen LogP contribution < -0.4 is 5.73 Å². The molecular formula is C13H21NO10. The second-order valence-corrected chi connectivity index (χ2v) is 5.64. The van der Waals surface area contributed by atoms with Gasteiger partial charge in [-0.05, 0) is 19.3 Å². The average Bonchev–Trinajstić information content (AvgIpc) is 2.50. The number of carboxylic acids is 2. The number of nitrogens with two attached hydrogens (primary N) is 1. The highest BCUT2D eigenvalue weighted by Gasteiger charge is 2.56. The maximum atomic E-state index is 11.8. The molecule has 1 aliphatic heterocycles. The van der Waals surface area contributed by atoms with Gasteiger partial charge in [0.1, 0.15) is 24.4 Å². The lowest BCUT2D eigenvalue weighted by Gasteiger charge is -2.46. The van der Waals surface area contributed by atoms with Crippen LogP contribution in [0.2, 0.25) is 0 Å². The summed E-state index contributed by atoms with van der Waals surface area (Å²) in [6.07, 6.45) is -7.79. The van der Waals surface area contributed by atoms with E-state index >= 15 is 0 Å². The normalized spacial score (nSPS) is 33.4. The van der Waals surface area contributed by atoms with E-state index in [-0.39, 0.29) is 12.8 Å². The monoisotopic (exact) mass is 351 g/mol. The van der Waals surface area contributed by atoms with Crippen molar-refractivity contribution in [2.75, 3.05) is 6.61 Å². The van der Waals surface area contributed by atoms with Crippen LogP contribution in [0.3, 0.4) is 0 Å². The number of hydrogen-bond acceptors (Lipinski definition) is 8. The number of rotatable bonds is 8. The summed E-state index contributed by atoms with van der Waals surface area (Å²) >= 11 is 0. The van der Waals surface area contributed by atoms with Crippen molar-refractivity contribution in [2.45, 2.75) is 49.3 Å². The first-order valence-corrected chi connectivity index (χ1v) is 7.16. The first-order chi connectivity index (χ1) is 11.1. The molecular weight excluding hydrogens is 330 g/mol. The molecule has 24 heavy (non-hydrogen) atoms. The summed E-state index contributed by atoms with van der Waals surface area (Å²) in [4.78, 5) is 33.4. The second kappa shape index (κ2) is 7.85. The van der Waals surface area contributed by atoms with Crippen LogP contribution in [0.1, 0.15) is 19.3 Å². The standard InChI is InChI=1S/C13H21NO10/c14-12(23)13(3-1-2-5(10(19)20)11(21)22)9(18)8(17)7(16)6(4-15)24-13/h5-9,15-18H,1-4H2,(H2,14,23)(H,19,20)(H,21,22)/t6-,7+,8+,9-,13+/m1/s1. The molecule has 0 aromatic rings. The summed E-state index contributed by atoms with van der Waals surface area (Å²) < 4.78 is 5.20. The molecule has 1 aliphatic rings. The first-order valence-electron chi connectivity index (χ1n) is 7.16. The number of aliphatic hydroxyl groups is 4. The van der Waals surface area contributed by atoms with E-state index in [9.17, 15) is 29.7 Å². The van der Waals surface area contributed by atoms with Gasteiger partial charge in [0.2, 0.25) is 0 Å². The molecule has 0 spiro atoms. The average molecular weight is 351 g/mol. The zero-order chi connectivity index (χ0) is 18.7. The molecule has 0 saturated carbocycles. The van der Waals surface area contributed by atoms with Gasteiger partial charge in [-0.15, -0.1) is 0 Å². The van der Waals surface area contributed by atoms with Gasteiger partial charge < -0.3 is 41.1 Å². The summed E-state index contributed by atoms with van der Waals surface area (Å²) in [7, 11) is 0. The Morgan fingerprint density at radius 3 is 2.04 bits per heavy atom. The zero-order valence-corrected chi connectivity index (χ0v) is 12.6. The number of aliphatic hydroxyl groups excluding tert-OH is 4. The highest BCUT2D eigenvalue weighted by atomic mass is 16.6. The van der Waals surface area contributed by atoms with E-state index in [2.05, 4.69) is 0 Å². The van der Waals surface area contributed by atoms with Gasteiger partial charge in [-0.2, -0.15) is 0 Å². The molecule has 11 nitrogen and oxygen atoms in total. The lowest BCUT2D eigenvalue weighted by Crippen LogP contribution is -2.69. The fraction of sp³-hybridized carbons (Fsp3) is 0.769. The summed E-state index contributed by atoms with van der Waals surface area (Å²) in [5.41, 5.74) is 3.04. The molecule has 1 amide bonds. The van der Waals surface area contributed by atoms with Gasteiger partial charge in [-0.25, -0.2) is 0 Å². The van der Waals surface area contributed by atoms with Gasteiger partial charge in [0.15, 0.2) is 11.5 Å². The maximum absolute atomic E-state index is 11.8. The molecule has 0 radical (unpaired) electrons. The smallest absolute Gasteiger partial charge is 0.317 e. The summed E-state index contributed by atoms with van der Waals surface area (Å²) in [5, 5.41) is 56.3. The van der Waals surface area contributed by atoms with E-state index in [0.29, 0.717) is 0 Å². The third-order valence-corrected chi connectivity index (χ3v) is 4.13. The lowest BCUT2D eigenvalue weighted by molar-refractivity contribution is -0.266. The van der Waals surface area contributed by atoms with E-state index in [0.717, 1.165) is 0 Å². The number of hydrogen-bond donors (Lipinski definition) is 7. The second-order valence-electron chi connectivity index (χ2n) is 5.64. The summed E-state index contributed by atoms with van der Waals surface area (Å²) in [6.45, 7) is -0.771. The van der Waals surface area contributed by atoms with E-state index in [1.165, 1.54) is 0 Å². The molecule has 8 N–H and O–H groups in total. The predicted octanol–water partition coefficient (Wildman–Crippen LogP) is -3.36. The molecule has 0 bridgehead atoms. The van der Waals surface area contributed by atoms with Crippen molar-refractivity contribution in [1.29, 1.82) is 0 Å². The number of aliphatic carboxylic acids is 2. The molecule has 0 aliphatic carbocycles. The fourth-order valence-electron chi connectivity index (χ4n) is 2.69. The van der Waals surface area contributed by atoms with Gasteiger partial charge in [0.25, 0.3) is 5.91 Å². The largest absolute Gasteiger partial charge is 0.481 e. The minimum absolute atomic E-state index is 0.190. The molecule has 1 saturated heterocycles. The van der Waals surface area contributed by atoms with E-state index < -0.39 is 66.8 Å². The van der Waals surface area contributed by atoms with Crippen molar-refractivity contribution < 1.29 is 49.8 Å². The molecule has 138 valence electrons. The molecule has 1 rings (SSSR count). The molecule has 0 unspecified atom stereocenters. The Morgan fingerprint density at radius 2 is 1.62 bits per heavy atom. The van der Waals surface area contributed by atoms with Gasteiger partial charge in [-0.3, -0.25) is 14.4 Å². The first kappa shape index (κ1) is 20.3. The van der Waals surface area contributed by atoms with Gasteiger partial charge in [-0.1, -0.05) is 0 Å². The summed E-state index contributed by atoms with van der Waals surface area (Å²) in [6, 6.07) is 0. The maximum Gasteiger partial charge on any atom is 0.317 e. The number of carbonyl (C=O) groups excluding carboxylic acids is 1. The third kappa shape index (κ3) is 3.82. The van der Waals surface area contributed by atoms with Crippen molar-refractivity contribution in [2.24, 2.45) is 11.7 Å². The highest BCUT2D eigenvalue weighted by Crippen LogP contribution is 2.34. The Bertz CT molecular complexity index is 481. The Balaban J connectivity index is 2.94. The van der Waals surface area contributed by atoms with E-state index in [1.54, 1.807) is 0 Å². The number of amides is 1. The number of carbonyl (C=O) groups is 3. The van der Waals surface area contributed by atoms with Crippen LogP contribution in [0.4, 0.5) is 0 Å². The molecule has 1 heterocycles. The summed E-state index contributed by atoms with van der Waals surface area (Å²) in [5.74, 6) is -6.05. The quantitative estimate of drug-likeness (QED) is 0.216. The third-order valence-electron chi connectivity index (χ3n) is 4.13. The van der Waals surface area contributed by atoms with Crippen molar-refractivity contribution in [3.05, 3.63) is 0 Å². The molecule has 0 aromatic carbocycles. The number of ether oxygens (including phenoxy) is 1. The Hall–Kier alpha value is -1.79. The van der Waals surface area contributed by atoms with Crippen LogP contribution in [0.15, 0.2) is 0 Å². The van der Waals surface area contributed by atoms with Crippen LogP contribution in [0, 0.1) is 5.92 Å². The van der Waals surface area contributed by atoms with Gasteiger partial charge >= 0.3 is 11.9 Å².